The minimum atomic E-state index is -0.905. The molecule has 0 aliphatic rings. The van der Waals surface area contributed by atoms with E-state index in [1.54, 1.807) is 50.6 Å². The lowest BCUT2D eigenvalue weighted by molar-refractivity contribution is -0.155. The molecule has 0 fully saturated rings. The molecule has 1 atom stereocenters. The van der Waals surface area contributed by atoms with Crippen LogP contribution in [-0.2, 0) is 14.3 Å². The highest BCUT2D eigenvalue weighted by molar-refractivity contribution is 5.96. The fraction of sp³-hybridized carbons (Fsp3) is 0.263. The first-order chi connectivity index (χ1) is 12.0. The largest absolute Gasteiger partial charge is 0.497 e. The van der Waals surface area contributed by atoms with Gasteiger partial charge in [0.25, 0.3) is 5.91 Å². The van der Waals surface area contributed by atoms with Crippen molar-refractivity contribution >= 4 is 17.6 Å². The Hall–Kier alpha value is -3.02. The number of para-hydroxylation sites is 1. The van der Waals surface area contributed by atoms with Crippen LogP contribution in [0.15, 0.2) is 54.6 Å². The molecule has 0 unspecified atom stereocenters. The fourth-order valence-electron chi connectivity index (χ4n) is 2.15. The second-order valence-corrected chi connectivity index (χ2v) is 5.33. The maximum atomic E-state index is 12.3. The standard InChI is InChI=1S/C19H21NO5/c1-14(19(22)20(2)15-7-5-4-6-8-15)25-18(21)13-24-17-11-9-16(23-3)10-12-17/h4-12,14H,13H2,1-3H3/t14-/m0/s1. The number of carbonyl (C=O) groups is 2. The van der Waals surface area contributed by atoms with Crippen molar-refractivity contribution < 1.29 is 23.8 Å². The van der Waals surface area contributed by atoms with Gasteiger partial charge >= 0.3 is 5.97 Å². The van der Waals surface area contributed by atoms with E-state index in [9.17, 15) is 9.59 Å². The van der Waals surface area contributed by atoms with Gasteiger partial charge in [-0.15, -0.1) is 0 Å². The molecule has 0 radical (unpaired) electrons. The van der Waals surface area contributed by atoms with Crippen LogP contribution in [-0.4, -0.2) is 38.7 Å². The van der Waals surface area contributed by atoms with Crippen LogP contribution < -0.4 is 14.4 Å². The summed E-state index contributed by atoms with van der Waals surface area (Å²) >= 11 is 0. The van der Waals surface area contributed by atoms with Gasteiger partial charge in [0.15, 0.2) is 12.7 Å². The Bertz CT molecular complexity index is 700. The highest BCUT2D eigenvalue weighted by atomic mass is 16.6. The van der Waals surface area contributed by atoms with Crippen molar-refractivity contribution in [2.24, 2.45) is 0 Å². The third kappa shape index (κ3) is 5.24. The fourth-order valence-corrected chi connectivity index (χ4v) is 2.15. The lowest BCUT2D eigenvalue weighted by atomic mass is 10.2. The van der Waals surface area contributed by atoms with Crippen LogP contribution in [0.2, 0.25) is 0 Å². The van der Waals surface area contributed by atoms with Gasteiger partial charge in [-0.25, -0.2) is 4.79 Å². The monoisotopic (exact) mass is 343 g/mol. The van der Waals surface area contributed by atoms with Crippen molar-refractivity contribution in [2.75, 3.05) is 25.7 Å². The predicted octanol–water partition coefficient (Wildman–Crippen LogP) is 2.67. The molecule has 2 rings (SSSR count). The minimum absolute atomic E-state index is 0.279. The second kappa shape index (κ2) is 8.73. The van der Waals surface area contributed by atoms with E-state index >= 15 is 0 Å². The Morgan fingerprint density at radius 3 is 2.20 bits per heavy atom. The number of amides is 1. The van der Waals surface area contributed by atoms with Crippen LogP contribution in [0.5, 0.6) is 11.5 Å². The average molecular weight is 343 g/mol. The summed E-state index contributed by atoms with van der Waals surface area (Å²) in [4.78, 5) is 25.6. The van der Waals surface area contributed by atoms with Gasteiger partial charge in [-0.1, -0.05) is 18.2 Å². The molecule has 0 aliphatic carbocycles. The molecule has 132 valence electrons. The number of ether oxygens (including phenoxy) is 3. The summed E-state index contributed by atoms with van der Waals surface area (Å²) in [6, 6.07) is 16.0. The SMILES string of the molecule is COc1ccc(OCC(=O)O[C@@H](C)C(=O)N(C)c2ccccc2)cc1. The number of methoxy groups -OCH3 is 1. The van der Waals surface area contributed by atoms with Crippen molar-refractivity contribution in [1.29, 1.82) is 0 Å². The number of benzene rings is 2. The van der Waals surface area contributed by atoms with Crippen LogP contribution in [0.1, 0.15) is 6.92 Å². The Kier molecular flexibility index (Phi) is 6.39. The zero-order valence-electron chi connectivity index (χ0n) is 14.5. The van der Waals surface area contributed by atoms with Gasteiger partial charge in [0, 0.05) is 12.7 Å². The summed E-state index contributed by atoms with van der Waals surface area (Å²) in [7, 11) is 3.20. The molecule has 6 nitrogen and oxygen atoms in total. The summed E-state index contributed by atoms with van der Waals surface area (Å²) in [6.07, 6.45) is -0.905. The van der Waals surface area contributed by atoms with Crippen LogP contribution >= 0.6 is 0 Å². The zero-order chi connectivity index (χ0) is 18.2. The molecule has 0 saturated carbocycles. The molecule has 0 heterocycles. The summed E-state index contributed by atoms with van der Waals surface area (Å²) in [6.45, 7) is 1.26. The van der Waals surface area contributed by atoms with Crippen LogP contribution in [0, 0.1) is 0 Å². The Morgan fingerprint density at radius 2 is 1.60 bits per heavy atom. The third-order valence-electron chi connectivity index (χ3n) is 3.55. The molecule has 2 aromatic carbocycles. The molecular weight excluding hydrogens is 322 g/mol. The first kappa shape index (κ1) is 18.3. The topological polar surface area (TPSA) is 65.1 Å². The lowest BCUT2D eigenvalue weighted by Crippen LogP contribution is -2.38. The van der Waals surface area contributed by atoms with E-state index in [1.165, 1.54) is 11.8 Å². The first-order valence-electron chi connectivity index (χ1n) is 7.80. The molecular formula is C19H21NO5. The van der Waals surface area contributed by atoms with E-state index in [0.29, 0.717) is 11.5 Å². The van der Waals surface area contributed by atoms with Crippen molar-refractivity contribution in [3.63, 3.8) is 0 Å². The zero-order valence-corrected chi connectivity index (χ0v) is 14.5. The van der Waals surface area contributed by atoms with Gasteiger partial charge in [0.2, 0.25) is 0 Å². The van der Waals surface area contributed by atoms with Gasteiger partial charge < -0.3 is 19.1 Å². The molecule has 0 bridgehead atoms. The lowest BCUT2D eigenvalue weighted by Gasteiger charge is -2.21. The highest BCUT2D eigenvalue weighted by Gasteiger charge is 2.22. The van der Waals surface area contributed by atoms with Crippen molar-refractivity contribution in [3.8, 4) is 11.5 Å². The number of carbonyl (C=O) groups excluding carboxylic acids is 2. The van der Waals surface area contributed by atoms with E-state index in [-0.39, 0.29) is 12.5 Å². The molecule has 0 aliphatic heterocycles. The number of hydrogen-bond acceptors (Lipinski definition) is 5. The number of hydrogen-bond donors (Lipinski definition) is 0. The summed E-state index contributed by atoms with van der Waals surface area (Å²) in [5.74, 6) is 0.276. The summed E-state index contributed by atoms with van der Waals surface area (Å²) < 4.78 is 15.5. The van der Waals surface area contributed by atoms with Crippen LogP contribution in [0.3, 0.4) is 0 Å². The number of nitrogens with zero attached hydrogens (tertiary/aromatic N) is 1. The van der Waals surface area contributed by atoms with E-state index in [4.69, 9.17) is 14.2 Å². The maximum Gasteiger partial charge on any atom is 0.344 e. The van der Waals surface area contributed by atoms with Gasteiger partial charge in [0.1, 0.15) is 11.5 Å². The average Bonchev–Trinajstić information content (AvgIpc) is 2.66. The Labute approximate surface area is 146 Å². The van der Waals surface area contributed by atoms with E-state index in [2.05, 4.69) is 0 Å². The van der Waals surface area contributed by atoms with Gasteiger partial charge in [-0.3, -0.25) is 4.79 Å². The number of rotatable bonds is 7. The van der Waals surface area contributed by atoms with Crippen molar-refractivity contribution in [2.45, 2.75) is 13.0 Å². The van der Waals surface area contributed by atoms with Gasteiger partial charge in [-0.2, -0.15) is 0 Å². The Morgan fingerprint density at radius 1 is 1.00 bits per heavy atom. The van der Waals surface area contributed by atoms with Crippen molar-refractivity contribution in [3.05, 3.63) is 54.6 Å². The molecule has 0 saturated heterocycles. The molecule has 0 aromatic heterocycles. The molecule has 1 amide bonds. The van der Waals surface area contributed by atoms with E-state index in [0.717, 1.165) is 5.69 Å². The molecule has 6 heteroatoms. The number of anilines is 1. The third-order valence-corrected chi connectivity index (χ3v) is 3.55. The molecule has 25 heavy (non-hydrogen) atoms. The van der Waals surface area contributed by atoms with Gasteiger partial charge in [-0.05, 0) is 43.3 Å². The molecule has 2 aromatic rings. The first-order valence-corrected chi connectivity index (χ1v) is 7.80. The maximum absolute atomic E-state index is 12.3. The van der Waals surface area contributed by atoms with Crippen LogP contribution in [0.25, 0.3) is 0 Å². The van der Waals surface area contributed by atoms with Gasteiger partial charge in [0.05, 0.1) is 7.11 Å². The summed E-state index contributed by atoms with van der Waals surface area (Å²) in [5, 5.41) is 0. The minimum Gasteiger partial charge on any atom is -0.497 e. The number of likely N-dealkylation sites (N-methyl/N-ethyl adjacent to an activating group) is 1. The molecule has 0 N–H and O–H groups in total. The smallest absolute Gasteiger partial charge is 0.344 e. The summed E-state index contributed by atoms with van der Waals surface area (Å²) in [5.41, 5.74) is 0.727. The molecule has 0 spiro atoms. The quantitative estimate of drug-likeness (QED) is 0.723. The van der Waals surface area contributed by atoms with E-state index < -0.39 is 12.1 Å². The predicted molar refractivity (Wildman–Crippen MR) is 93.9 cm³/mol. The Balaban J connectivity index is 1.83. The van der Waals surface area contributed by atoms with E-state index in [1.807, 2.05) is 18.2 Å². The second-order valence-electron chi connectivity index (χ2n) is 5.33. The normalized spacial score (nSPS) is 11.3. The highest BCUT2D eigenvalue weighted by Crippen LogP contribution is 2.17. The van der Waals surface area contributed by atoms with Crippen molar-refractivity contribution in [1.82, 2.24) is 0 Å². The van der Waals surface area contributed by atoms with Crippen LogP contribution in [0.4, 0.5) is 5.69 Å². The number of esters is 1.